The van der Waals surface area contributed by atoms with E-state index >= 15 is 0 Å². The summed E-state index contributed by atoms with van der Waals surface area (Å²) in [7, 11) is 0. The van der Waals surface area contributed by atoms with Crippen molar-refractivity contribution in [3.63, 3.8) is 0 Å². The van der Waals surface area contributed by atoms with E-state index in [0.29, 0.717) is 0 Å². The van der Waals surface area contributed by atoms with E-state index in [4.69, 9.17) is 0 Å². The Morgan fingerprint density at radius 2 is 1.12 bits per heavy atom. The molecule has 6 aromatic rings. The first-order valence-electron chi connectivity index (χ1n) is 8.70. The van der Waals surface area contributed by atoms with Gasteiger partial charge in [0.1, 0.15) is 0 Å². The third kappa shape index (κ3) is 2.00. The molecule has 2 heteroatoms. The third-order valence-corrected chi connectivity index (χ3v) is 7.46. The van der Waals surface area contributed by atoms with Gasteiger partial charge in [-0.2, -0.15) is 0 Å². The van der Waals surface area contributed by atoms with Crippen LogP contribution >= 0.6 is 22.7 Å². The zero-order chi connectivity index (χ0) is 17.1. The van der Waals surface area contributed by atoms with E-state index in [9.17, 15) is 0 Å². The quantitative estimate of drug-likeness (QED) is 0.276. The molecule has 0 bridgehead atoms. The number of rotatable bonds is 1. The Kier molecular flexibility index (Phi) is 3.01. The molecule has 0 saturated carbocycles. The van der Waals surface area contributed by atoms with Crippen LogP contribution in [0.1, 0.15) is 0 Å². The first-order valence-corrected chi connectivity index (χ1v) is 10.3. The second-order valence-corrected chi connectivity index (χ2v) is 8.73. The van der Waals surface area contributed by atoms with Crippen LogP contribution < -0.4 is 0 Å². The molecular weight excluding hydrogens is 352 g/mol. The first kappa shape index (κ1) is 14.5. The van der Waals surface area contributed by atoms with Crippen LogP contribution in [0.2, 0.25) is 0 Å². The maximum Gasteiger partial charge on any atom is 0.0433 e. The highest BCUT2D eigenvalue weighted by Crippen LogP contribution is 2.42. The van der Waals surface area contributed by atoms with Crippen LogP contribution in [0.25, 0.3) is 51.5 Å². The Bertz CT molecular complexity index is 1430. The van der Waals surface area contributed by atoms with Crippen LogP contribution in [0, 0.1) is 0 Å². The zero-order valence-electron chi connectivity index (χ0n) is 13.9. The number of benzene rings is 4. The van der Waals surface area contributed by atoms with Crippen molar-refractivity contribution in [2.24, 2.45) is 0 Å². The molecule has 0 N–H and O–H groups in total. The summed E-state index contributed by atoms with van der Waals surface area (Å²) < 4.78 is 5.46. The lowest BCUT2D eigenvalue weighted by Gasteiger charge is -2.04. The average Bonchev–Trinajstić information content (AvgIpc) is 3.25. The second-order valence-electron chi connectivity index (χ2n) is 6.59. The van der Waals surface area contributed by atoms with Crippen LogP contribution in [-0.4, -0.2) is 0 Å². The molecule has 0 amide bonds. The summed E-state index contributed by atoms with van der Waals surface area (Å²) >= 11 is 3.77. The molecule has 0 aliphatic carbocycles. The van der Waals surface area contributed by atoms with Crippen LogP contribution in [-0.2, 0) is 0 Å². The number of fused-ring (bicyclic) bond motifs is 6. The van der Waals surface area contributed by atoms with E-state index in [2.05, 4.69) is 84.9 Å². The highest BCUT2D eigenvalue weighted by molar-refractivity contribution is 7.26. The van der Waals surface area contributed by atoms with Crippen molar-refractivity contribution in [1.82, 2.24) is 0 Å². The Balaban J connectivity index is 1.68. The smallest absolute Gasteiger partial charge is 0.0433 e. The lowest BCUT2D eigenvalue weighted by Crippen LogP contribution is -1.78. The molecule has 0 nitrogen and oxygen atoms in total. The molecule has 2 aromatic heterocycles. The summed E-state index contributed by atoms with van der Waals surface area (Å²) in [5, 5.41) is 5.44. The van der Waals surface area contributed by atoms with Gasteiger partial charge in [0, 0.05) is 40.3 Å². The third-order valence-electron chi connectivity index (χ3n) is 5.09. The van der Waals surface area contributed by atoms with E-state index in [1.165, 1.54) is 51.5 Å². The summed E-state index contributed by atoms with van der Waals surface area (Å²) in [6.45, 7) is 0. The fourth-order valence-corrected chi connectivity index (χ4v) is 6.19. The van der Waals surface area contributed by atoms with Crippen molar-refractivity contribution in [3.05, 3.63) is 84.9 Å². The molecule has 122 valence electrons. The van der Waals surface area contributed by atoms with Gasteiger partial charge >= 0.3 is 0 Å². The molecule has 0 saturated heterocycles. The molecule has 4 aromatic carbocycles. The van der Waals surface area contributed by atoms with Crippen molar-refractivity contribution in [3.8, 4) is 11.1 Å². The van der Waals surface area contributed by atoms with Gasteiger partial charge in [0.15, 0.2) is 0 Å². The van der Waals surface area contributed by atoms with Crippen molar-refractivity contribution >= 4 is 63.0 Å². The fraction of sp³-hybridized carbons (Fsp3) is 0. The average molecular weight is 367 g/mol. The largest absolute Gasteiger partial charge is 0.135 e. The van der Waals surface area contributed by atoms with Gasteiger partial charge in [0.05, 0.1) is 0 Å². The molecule has 0 radical (unpaired) electrons. The van der Waals surface area contributed by atoms with Gasteiger partial charge in [-0.05, 0) is 35.4 Å². The normalized spacial score (nSPS) is 11.8. The topological polar surface area (TPSA) is 0 Å². The molecule has 26 heavy (non-hydrogen) atoms. The minimum absolute atomic E-state index is 1.30. The second kappa shape index (κ2) is 5.41. The van der Waals surface area contributed by atoms with Gasteiger partial charge in [0.2, 0.25) is 0 Å². The highest BCUT2D eigenvalue weighted by Gasteiger charge is 2.11. The maximum absolute atomic E-state index is 2.37. The van der Waals surface area contributed by atoms with Crippen molar-refractivity contribution in [2.45, 2.75) is 0 Å². The molecule has 2 heterocycles. The van der Waals surface area contributed by atoms with E-state index < -0.39 is 0 Å². The summed E-state index contributed by atoms with van der Waals surface area (Å²) in [5.41, 5.74) is 2.64. The van der Waals surface area contributed by atoms with Crippen molar-refractivity contribution < 1.29 is 0 Å². The fourth-order valence-electron chi connectivity index (χ4n) is 3.87. The number of hydrogen-bond acceptors (Lipinski definition) is 2. The predicted octanol–water partition coefficient (Wildman–Crippen LogP) is 8.09. The predicted molar refractivity (Wildman–Crippen MR) is 118 cm³/mol. The maximum atomic E-state index is 2.37. The lowest BCUT2D eigenvalue weighted by molar-refractivity contribution is 1.74. The van der Waals surface area contributed by atoms with Crippen LogP contribution in [0.4, 0.5) is 0 Å². The molecule has 0 spiro atoms. The van der Waals surface area contributed by atoms with E-state index in [-0.39, 0.29) is 0 Å². The molecule has 0 atom stereocenters. The Morgan fingerprint density at radius 3 is 1.96 bits per heavy atom. The van der Waals surface area contributed by atoms with Crippen molar-refractivity contribution in [2.75, 3.05) is 0 Å². The van der Waals surface area contributed by atoms with Gasteiger partial charge in [-0.1, -0.05) is 60.7 Å². The standard InChI is InChI=1S/C24H14S2/c1-4-11-22-17(6-1)19-9-5-8-16(24(19)26-22)15-12-13-23-20(14-15)18-7-2-3-10-21(18)25-23/h1-14H. The SMILES string of the molecule is c1ccc2c(c1)sc1ccc(-c3cccc4c3sc3ccccc34)cc12. The Morgan fingerprint density at radius 1 is 0.462 bits per heavy atom. The highest BCUT2D eigenvalue weighted by atomic mass is 32.1. The van der Waals surface area contributed by atoms with E-state index in [0.717, 1.165) is 0 Å². The Labute approximate surface area is 158 Å². The minimum Gasteiger partial charge on any atom is -0.135 e. The van der Waals surface area contributed by atoms with Crippen LogP contribution in [0.15, 0.2) is 84.9 Å². The van der Waals surface area contributed by atoms with Crippen LogP contribution in [0.3, 0.4) is 0 Å². The summed E-state index contributed by atoms with van der Waals surface area (Å²) in [5.74, 6) is 0. The summed E-state index contributed by atoms with van der Waals surface area (Å²) in [4.78, 5) is 0. The zero-order valence-corrected chi connectivity index (χ0v) is 15.5. The van der Waals surface area contributed by atoms with Gasteiger partial charge in [-0.3, -0.25) is 0 Å². The molecule has 0 aliphatic heterocycles. The summed E-state index contributed by atoms with van der Waals surface area (Å²) in [6.07, 6.45) is 0. The van der Waals surface area contributed by atoms with Gasteiger partial charge < -0.3 is 0 Å². The first-order chi connectivity index (χ1) is 12.9. The Hall–Kier alpha value is -2.68. The number of hydrogen-bond donors (Lipinski definition) is 0. The van der Waals surface area contributed by atoms with E-state index in [1.54, 1.807) is 0 Å². The number of thiophene rings is 2. The van der Waals surface area contributed by atoms with Gasteiger partial charge in [0.25, 0.3) is 0 Å². The lowest BCUT2D eigenvalue weighted by atomic mass is 10.0. The van der Waals surface area contributed by atoms with Crippen molar-refractivity contribution in [1.29, 1.82) is 0 Å². The van der Waals surface area contributed by atoms with E-state index in [1.807, 2.05) is 22.7 Å². The minimum atomic E-state index is 1.30. The molecule has 0 unspecified atom stereocenters. The summed E-state index contributed by atoms with van der Waals surface area (Å²) in [6, 6.07) is 31.0. The molecular formula is C24H14S2. The van der Waals surface area contributed by atoms with Crippen LogP contribution in [0.5, 0.6) is 0 Å². The van der Waals surface area contributed by atoms with Gasteiger partial charge in [-0.25, -0.2) is 0 Å². The monoisotopic (exact) mass is 366 g/mol. The molecule has 6 rings (SSSR count). The van der Waals surface area contributed by atoms with Gasteiger partial charge in [-0.15, -0.1) is 22.7 Å². The molecule has 0 aliphatic rings. The molecule has 0 fully saturated rings.